The number of phenols is 1. The SMILES string of the molecule is CC(C)(Cc1cccc(CC(=O)NCc2cccc(-c3ccc(O)cc3)c2)c1)NC[C@H](O)c1ccc(OCc2ccccc2)c(NS(C)(=O)=O)c1. The molecule has 5 rings (SSSR count). The average molecular weight is 708 g/mol. The number of hydrogen-bond acceptors (Lipinski definition) is 7. The standard InChI is InChI=1S/C41H45N3O6S/c1-41(2,43-27-38(46)35-17-20-39(37(24-35)44-51(3,48)49)50-28-29-9-5-4-6-10-29)25-31-12-7-11-30(21-31)23-40(47)42-26-32-13-8-14-34(22-32)33-15-18-36(45)19-16-33/h4-22,24,38,43-46H,23,25-28H2,1-3H3,(H,42,47)/t38-/m0/s1. The minimum atomic E-state index is -3.59. The van der Waals surface area contributed by atoms with Crippen LogP contribution < -0.4 is 20.1 Å². The van der Waals surface area contributed by atoms with Gasteiger partial charge in [-0.25, -0.2) is 8.42 Å². The van der Waals surface area contributed by atoms with Gasteiger partial charge in [-0.3, -0.25) is 9.52 Å². The first-order chi connectivity index (χ1) is 24.3. The molecule has 0 aromatic heterocycles. The third-order valence-corrected chi connectivity index (χ3v) is 8.91. The van der Waals surface area contributed by atoms with Crippen molar-refractivity contribution < 1.29 is 28.2 Å². The molecule has 0 saturated carbocycles. The van der Waals surface area contributed by atoms with Gasteiger partial charge in [-0.05, 0) is 89.5 Å². The predicted octanol–water partition coefficient (Wildman–Crippen LogP) is 6.51. The Kier molecular flexibility index (Phi) is 12.1. The summed E-state index contributed by atoms with van der Waals surface area (Å²) in [6.07, 6.45) is 1.05. The quantitative estimate of drug-likeness (QED) is 0.0789. The van der Waals surface area contributed by atoms with Crippen LogP contribution in [0.3, 0.4) is 0 Å². The third-order valence-electron chi connectivity index (χ3n) is 8.31. The summed E-state index contributed by atoms with van der Waals surface area (Å²) in [6.45, 7) is 4.98. The molecule has 5 aromatic carbocycles. The maximum absolute atomic E-state index is 12.9. The van der Waals surface area contributed by atoms with E-state index in [9.17, 15) is 23.4 Å². The maximum Gasteiger partial charge on any atom is 0.229 e. The molecule has 0 saturated heterocycles. The minimum absolute atomic E-state index is 0.0797. The second-order valence-corrected chi connectivity index (χ2v) is 15.1. The fourth-order valence-electron chi connectivity index (χ4n) is 5.77. The lowest BCUT2D eigenvalue weighted by molar-refractivity contribution is -0.120. The highest BCUT2D eigenvalue weighted by Gasteiger charge is 2.21. The number of nitrogens with one attached hydrogen (secondary N) is 3. The van der Waals surface area contributed by atoms with Gasteiger partial charge in [-0.2, -0.15) is 0 Å². The van der Waals surface area contributed by atoms with Crippen molar-refractivity contribution in [2.75, 3.05) is 17.5 Å². The Balaban J connectivity index is 1.14. The van der Waals surface area contributed by atoms with Crippen LogP contribution in [0.4, 0.5) is 5.69 Å². The van der Waals surface area contributed by atoms with Gasteiger partial charge in [0.1, 0.15) is 18.1 Å². The molecular formula is C41H45N3O6S. The number of aliphatic hydroxyl groups is 1. The Morgan fingerprint density at radius 3 is 2.22 bits per heavy atom. The van der Waals surface area contributed by atoms with Gasteiger partial charge in [0, 0.05) is 18.6 Å². The van der Waals surface area contributed by atoms with Crippen molar-refractivity contribution in [3.8, 4) is 22.6 Å². The smallest absolute Gasteiger partial charge is 0.229 e. The number of amides is 1. The highest BCUT2D eigenvalue weighted by atomic mass is 32.2. The monoisotopic (exact) mass is 707 g/mol. The molecule has 5 aromatic rings. The van der Waals surface area contributed by atoms with Gasteiger partial charge in [0.25, 0.3) is 0 Å². The molecule has 0 aliphatic heterocycles. The average Bonchev–Trinajstić information content (AvgIpc) is 3.09. The second kappa shape index (κ2) is 16.7. The van der Waals surface area contributed by atoms with Gasteiger partial charge < -0.3 is 25.6 Å². The van der Waals surface area contributed by atoms with Crippen molar-refractivity contribution in [2.24, 2.45) is 0 Å². The number of carbonyl (C=O) groups is 1. The topological polar surface area (TPSA) is 137 Å². The van der Waals surface area contributed by atoms with Crippen LogP contribution in [-0.2, 0) is 40.8 Å². The number of anilines is 1. The van der Waals surface area contributed by atoms with Crippen molar-refractivity contribution in [3.05, 3.63) is 149 Å². The van der Waals surface area contributed by atoms with Gasteiger partial charge in [0.05, 0.1) is 24.5 Å². The van der Waals surface area contributed by atoms with Crippen molar-refractivity contribution >= 4 is 21.6 Å². The van der Waals surface area contributed by atoms with Crippen LogP contribution in [0.5, 0.6) is 11.5 Å². The summed E-state index contributed by atoms with van der Waals surface area (Å²) in [4.78, 5) is 12.9. The maximum atomic E-state index is 12.9. The van der Waals surface area contributed by atoms with E-state index in [1.54, 1.807) is 30.3 Å². The number of carbonyl (C=O) groups excluding carboxylic acids is 1. The molecule has 0 spiro atoms. The molecule has 1 amide bonds. The van der Waals surface area contributed by atoms with Crippen LogP contribution in [-0.4, -0.2) is 42.9 Å². The summed E-state index contributed by atoms with van der Waals surface area (Å²) >= 11 is 0. The molecular weight excluding hydrogens is 663 g/mol. The number of aliphatic hydroxyl groups excluding tert-OH is 1. The number of ether oxygens (including phenoxy) is 1. The molecule has 0 bridgehead atoms. The van der Waals surface area contributed by atoms with Gasteiger partial charge in [-0.1, -0.05) is 91.0 Å². The van der Waals surface area contributed by atoms with E-state index in [4.69, 9.17) is 4.74 Å². The van der Waals surface area contributed by atoms with E-state index < -0.39 is 21.7 Å². The fourth-order valence-corrected chi connectivity index (χ4v) is 6.33. The zero-order valence-electron chi connectivity index (χ0n) is 29.1. The van der Waals surface area contributed by atoms with Crippen molar-refractivity contribution in [2.45, 2.75) is 51.5 Å². The molecule has 0 aliphatic rings. The predicted molar refractivity (Wildman–Crippen MR) is 202 cm³/mol. The molecule has 1 atom stereocenters. The molecule has 0 heterocycles. The van der Waals surface area contributed by atoms with E-state index in [1.807, 2.05) is 105 Å². The third kappa shape index (κ3) is 11.7. The minimum Gasteiger partial charge on any atom is -0.508 e. The molecule has 0 radical (unpaired) electrons. The van der Waals surface area contributed by atoms with Crippen LogP contribution in [0.25, 0.3) is 11.1 Å². The number of hydrogen-bond donors (Lipinski definition) is 5. The number of aromatic hydroxyl groups is 1. The lowest BCUT2D eigenvalue weighted by atomic mass is 9.93. The number of rotatable bonds is 16. The number of β-amino-alcohol motifs (C(OH)–C–C–N with tert-alkyl or cyclic N) is 1. The van der Waals surface area contributed by atoms with Crippen LogP contribution in [0.2, 0.25) is 0 Å². The zero-order chi connectivity index (χ0) is 36.4. The van der Waals surface area contributed by atoms with Crippen molar-refractivity contribution in [1.82, 2.24) is 10.6 Å². The Bertz CT molecular complexity index is 2030. The largest absolute Gasteiger partial charge is 0.508 e. The Morgan fingerprint density at radius 2 is 1.47 bits per heavy atom. The van der Waals surface area contributed by atoms with Gasteiger partial charge in [0.15, 0.2) is 0 Å². The van der Waals surface area contributed by atoms with Gasteiger partial charge in [0.2, 0.25) is 15.9 Å². The van der Waals surface area contributed by atoms with Crippen LogP contribution >= 0.6 is 0 Å². The zero-order valence-corrected chi connectivity index (χ0v) is 29.9. The highest BCUT2D eigenvalue weighted by Crippen LogP contribution is 2.30. The summed E-state index contributed by atoms with van der Waals surface area (Å²) in [7, 11) is -3.59. The molecule has 10 heteroatoms. The second-order valence-electron chi connectivity index (χ2n) is 13.4. The molecule has 5 N–H and O–H groups in total. The molecule has 266 valence electrons. The Labute approximate surface area is 300 Å². The molecule has 51 heavy (non-hydrogen) atoms. The van der Waals surface area contributed by atoms with Crippen molar-refractivity contribution in [1.29, 1.82) is 0 Å². The normalized spacial score (nSPS) is 12.2. The Hall–Kier alpha value is -5.16. The van der Waals surface area contributed by atoms with Gasteiger partial charge >= 0.3 is 0 Å². The number of phenolic OH excluding ortho intramolecular Hbond substituents is 1. The summed E-state index contributed by atoms with van der Waals surface area (Å²) in [6, 6.07) is 37.5. The van der Waals surface area contributed by atoms with Crippen LogP contribution in [0, 0.1) is 0 Å². The van der Waals surface area contributed by atoms with E-state index in [1.165, 1.54) is 0 Å². The highest BCUT2D eigenvalue weighted by molar-refractivity contribution is 7.92. The first kappa shape index (κ1) is 37.1. The Morgan fingerprint density at radius 1 is 0.784 bits per heavy atom. The summed E-state index contributed by atoms with van der Waals surface area (Å²) < 4.78 is 32.6. The molecule has 0 unspecified atom stereocenters. The van der Waals surface area contributed by atoms with Crippen molar-refractivity contribution in [3.63, 3.8) is 0 Å². The van der Waals surface area contributed by atoms with E-state index in [-0.39, 0.29) is 36.9 Å². The number of sulfonamides is 1. The lowest BCUT2D eigenvalue weighted by Crippen LogP contribution is -2.43. The first-order valence-corrected chi connectivity index (χ1v) is 18.7. The van der Waals surface area contributed by atoms with Crippen LogP contribution in [0.15, 0.2) is 121 Å². The summed E-state index contributed by atoms with van der Waals surface area (Å²) in [5, 5.41) is 27.1. The lowest BCUT2D eigenvalue weighted by Gasteiger charge is -2.28. The molecule has 0 aliphatic carbocycles. The fraction of sp³-hybridized carbons (Fsp3) is 0.244. The molecule has 0 fully saturated rings. The molecule has 9 nitrogen and oxygen atoms in total. The van der Waals surface area contributed by atoms with E-state index in [0.29, 0.717) is 24.3 Å². The summed E-state index contributed by atoms with van der Waals surface area (Å²) in [5.74, 6) is 0.500. The van der Waals surface area contributed by atoms with E-state index in [0.717, 1.165) is 39.6 Å². The van der Waals surface area contributed by atoms with Crippen LogP contribution in [0.1, 0.15) is 47.8 Å². The summed E-state index contributed by atoms with van der Waals surface area (Å²) in [5.41, 5.74) is 6.26. The van der Waals surface area contributed by atoms with E-state index in [2.05, 4.69) is 15.4 Å². The van der Waals surface area contributed by atoms with E-state index >= 15 is 0 Å². The number of benzene rings is 5. The van der Waals surface area contributed by atoms with Gasteiger partial charge in [-0.15, -0.1) is 0 Å². The first-order valence-electron chi connectivity index (χ1n) is 16.8.